The van der Waals surface area contributed by atoms with Crippen LogP contribution in [-0.2, 0) is 41.5 Å². The number of phenols is 1. The summed E-state index contributed by atoms with van der Waals surface area (Å²) in [4.78, 5) is 14.2. The summed E-state index contributed by atoms with van der Waals surface area (Å²) in [5.41, 5.74) is 7.21. The molecule has 0 bridgehead atoms. The molecule has 3 aromatic carbocycles. The molecule has 0 saturated heterocycles. The van der Waals surface area contributed by atoms with Crippen LogP contribution in [0.25, 0.3) is 10.9 Å². The minimum Gasteiger partial charge on any atom is -0.506 e. The van der Waals surface area contributed by atoms with Crippen molar-refractivity contribution in [2.24, 2.45) is 5.14 Å². The second kappa shape index (κ2) is 12.8. The number of nitrogens with two attached hydrogens (primary N) is 1. The molecule has 212 valence electrons. The number of nitrogens with one attached hydrogen (secondary N) is 2. The summed E-state index contributed by atoms with van der Waals surface area (Å²) in [6.07, 6.45) is 3.34. The van der Waals surface area contributed by atoms with Crippen molar-refractivity contribution in [3.8, 4) is 5.75 Å². The first-order valence-electron chi connectivity index (χ1n) is 13.5. The van der Waals surface area contributed by atoms with E-state index in [4.69, 9.17) is 5.14 Å². The number of aromatic amines is 1. The molecule has 0 aliphatic heterocycles. The van der Waals surface area contributed by atoms with Gasteiger partial charge in [-0.3, -0.25) is 4.79 Å². The van der Waals surface area contributed by atoms with Gasteiger partial charge in [-0.2, -0.15) is 0 Å². The molecule has 8 nitrogen and oxygen atoms in total. The molecule has 1 aromatic heterocycles. The van der Waals surface area contributed by atoms with E-state index in [0.717, 1.165) is 31.2 Å². The van der Waals surface area contributed by atoms with E-state index in [1.54, 1.807) is 36.4 Å². The summed E-state index contributed by atoms with van der Waals surface area (Å²) in [6.45, 7) is 4.83. The summed E-state index contributed by atoms with van der Waals surface area (Å²) >= 11 is 0. The summed E-state index contributed by atoms with van der Waals surface area (Å²) in [7, 11) is -3.38. The highest BCUT2D eigenvalue weighted by atomic mass is 32.2. The van der Waals surface area contributed by atoms with E-state index < -0.39 is 16.1 Å². The Bertz CT molecular complexity index is 1600. The van der Waals surface area contributed by atoms with Crippen molar-refractivity contribution in [1.82, 2.24) is 10.3 Å². The molecule has 0 saturated carbocycles. The monoisotopic (exact) mass is 563 g/mol. The van der Waals surface area contributed by atoms with Gasteiger partial charge in [-0.05, 0) is 71.2 Å². The maximum Gasteiger partial charge on any atom is 0.248 e. The number of phenolic OH excluding ortho intramolecular Hbond substituents is 1. The second-order valence-electron chi connectivity index (χ2n) is 10.2. The molecule has 0 radical (unpaired) electrons. The fourth-order valence-electron chi connectivity index (χ4n) is 5.32. The van der Waals surface area contributed by atoms with Crippen LogP contribution in [-0.4, -0.2) is 36.2 Å². The minimum atomic E-state index is -3.38. The number of sulfonamides is 1. The van der Waals surface area contributed by atoms with E-state index in [1.165, 1.54) is 34.4 Å². The Morgan fingerprint density at radius 3 is 2.17 bits per heavy atom. The van der Waals surface area contributed by atoms with Crippen molar-refractivity contribution >= 4 is 20.9 Å². The van der Waals surface area contributed by atoms with E-state index in [2.05, 4.69) is 36.3 Å². The number of aliphatic hydroxyl groups is 1. The Kier molecular flexibility index (Phi) is 9.42. The number of benzene rings is 3. The fraction of sp³-hybridized carbons (Fsp3) is 0.323. The number of pyridine rings is 1. The van der Waals surface area contributed by atoms with Gasteiger partial charge >= 0.3 is 0 Å². The first kappa shape index (κ1) is 29.5. The van der Waals surface area contributed by atoms with Crippen molar-refractivity contribution in [3.63, 3.8) is 0 Å². The van der Waals surface area contributed by atoms with Gasteiger partial charge < -0.3 is 20.5 Å². The molecule has 6 N–H and O–H groups in total. The average Bonchev–Trinajstić information content (AvgIpc) is 3.33. The Hall–Kier alpha value is -3.50. The van der Waals surface area contributed by atoms with Crippen LogP contribution in [0.3, 0.4) is 0 Å². The van der Waals surface area contributed by atoms with Gasteiger partial charge in [0.15, 0.2) is 0 Å². The number of aliphatic hydroxyl groups excluding tert-OH is 1. The predicted octanol–water partition coefficient (Wildman–Crippen LogP) is 3.62. The van der Waals surface area contributed by atoms with E-state index in [9.17, 15) is 23.4 Å². The summed E-state index contributed by atoms with van der Waals surface area (Å²) < 4.78 is 21.2. The van der Waals surface area contributed by atoms with Crippen LogP contribution in [0, 0.1) is 0 Å². The van der Waals surface area contributed by atoms with Crippen LogP contribution < -0.4 is 16.0 Å². The zero-order chi connectivity index (χ0) is 28.9. The number of hydrogen-bond donors (Lipinski definition) is 5. The molecule has 1 atom stereocenters. The molecule has 1 aliphatic carbocycles. The van der Waals surface area contributed by atoms with Crippen molar-refractivity contribution < 1.29 is 18.6 Å². The Balaban J connectivity index is 0.000000283. The topological polar surface area (TPSA) is 146 Å². The van der Waals surface area contributed by atoms with Gasteiger partial charge in [-0.1, -0.05) is 62.4 Å². The molecular weight excluding hydrogens is 526 g/mol. The lowest BCUT2D eigenvalue weighted by atomic mass is 9.97. The summed E-state index contributed by atoms with van der Waals surface area (Å²) in [5, 5.41) is 29.8. The number of hydrogen-bond acceptors (Lipinski definition) is 6. The van der Waals surface area contributed by atoms with Gasteiger partial charge in [-0.25, -0.2) is 13.6 Å². The zero-order valence-corrected chi connectivity index (χ0v) is 23.7. The molecule has 1 unspecified atom stereocenters. The van der Waals surface area contributed by atoms with Gasteiger partial charge in [0.1, 0.15) is 5.75 Å². The second-order valence-corrected chi connectivity index (χ2v) is 11.8. The molecule has 4 aromatic rings. The first-order valence-corrected chi connectivity index (χ1v) is 15.2. The quantitative estimate of drug-likeness (QED) is 0.221. The smallest absolute Gasteiger partial charge is 0.248 e. The molecule has 0 amide bonds. The predicted molar refractivity (Wildman–Crippen MR) is 159 cm³/mol. The Morgan fingerprint density at radius 2 is 1.60 bits per heavy atom. The third-order valence-corrected chi connectivity index (χ3v) is 8.03. The average molecular weight is 564 g/mol. The highest BCUT2D eigenvalue weighted by Gasteiger charge is 2.24. The molecule has 0 fully saturated rings. The Labute approximate surface area is 234 Å². The van der Waals surface area contributed by atoms with Crippen molar-refractivity contribution in [2.75, 3.05) is 6.54 Å². The SMILES string of the molecule is CCc1cc2c(cc1CC)CC(NCC(O)c1ccc(O)c3[nH]c(=O)ccc13)C2.NS(=O)(=O)Cc1ccccc1. The largest absolute Gasteiger partial charge is 0.506 e. The number of aryl methyl sites for hydroxylation is 2. The van der Waals surface area contributed by atoms with Gasteiger partial charge in [0, 0.05) is 24.0 Å². The molecule has 1 heterocycles. The lowest BCUT2D eigenvalue weighted by Gasteiger charge is -2.18. The first-order chi connectivity index (χ1) is 19.1. The standard InChI is InChI=1S/C24H28N2O3.C7H9NO2S/c1-3-14-9-16-11-18(12-17(16)10-15(14)4-2)25-13-22(28)19-5-7-21(27)24-20(19)6-8-23(29)26-24;8-11(9,10)6-7-4-2-1-3-5-7/h5-10,18,22,25,27-28H,3-4,11-13H2,1-2H3,(H,26,29);1-5H,6H2,(H2,8,9,10). The van der Waals surface area contributed by atoms with Gasteiger partial charge in [-0.15, -0.1) is 0 Å². The van der Waals surface area contributed by atoms with Crippen LogP contribution in [0.4, 0.5) is 0 Å². The van der Waals surface area contributed by atoms with E-state index >= 15 is 0 Å². The van der Waals surface area contributed by atoms with Crippen molar-refractivity contribution in [1.29, 1.82) is 0 Å². The minimum absolute atomic E-state index is 0.00584. The number of fused-ring (bicyclic) bond motifs is 2. The highest BCUT2D eigenvalue weighted by Crippen LogP contribution is 2.30. The van der Waals surface area contributed by atoms with E-state index in [1.807, 2.05) is 6.07 Å². The third kappa shape index (κ3) is 7.37. The highest BCUT2D eigenvalue weighted by molar-refractivity contribution is 7.88. The van der Waals surface area contributed by atoms with Gasteiger partial charge in [0.25, 0.3) is 0 Å². The molecule has 0 spiro atoms. The molecule has 5 rings (SSSR count). The number of aromatic nitrogens is 1. The van der Waals surface area contributed by atoms with Crippen LogP contribution >= 0.6 is 0 Å². The summed E-state index contributed by atoms with van der Waals surface area (Å²) in [5.74, 6) is -0.0836. The zero-order valence-electron chi connectivity index (χ0n) is 22.9. The van der Waals surface area contributed by atoms with Gasteiger partial charge in [0.05, 0.1) is 17.4 Å². The summed E-state index contributed by atoms with van der Waals surface area (Å²) in [6, 6.07) is 20.1. The van der Waals surface area contributed by atoms with Crippen LogP contribution in [0.5, 0.6) is 5.75 Å². The number of H-pyrrole nitrogens is 1. The normalized spacial score (nSPS) is 14.0. The maximum absolute atomic E-state index is 11.6. The maximum atomic E-state index is 11.6. The lowest BCUT2D eigenvalue weighted by molar-refractivity contribution is 0.171. The van der Waals surface area contributed by atoms with E-state index in [0.29, 0.717) is 29.1 Å². The third-order valence-electron chi connectivity index (χ3n) is 7.29. The molecule has 9 heteroatoms. The number of aromatic hydroxyl groups is 1. The van der Waals surface area contributed by atoms with Gasteiger partial charge in [0.2, 0.25) is 15.6 Å². The van der Waals surface area contributed by atoms with Crippen LogP contribution in [0.1, 0.15) is 53.3 Å². The Morgan fingerprint density at radius 1 is 0.975 bits per heavy atom. The van der Waals surface area contributed by atoms with Crippen molar-refractivity contribution in [2.45, 2.75) is 57.4 Å². The number of primary sulfonamides is 1. The molecular formula is C31H37N3O5S. The molecule has 40 heavy (non-hydrogen) atoms. The van der Waals surface area contributed by atoms with Crippen LogP contribution in [0.15, 0.2) is 71.5 Å². The molecule has 1 aliphatic rings. The van der Waals surface area contributed by atoms with Crippen LogP contribution in [0.2, 0.25) is 0 Å². The fourth-order valence-corrected chi connectivity index (χ4v) is 5.98. The lowest BCUT2D eigenvalue weighted by Crippen LogP contribution is -2.33. The number of rotatable bonds is 8. The van der Waals surface area contributed by atoms with Crippen molar-refractivity contribution in [3.05, 3.63) is 110 Å². The van der Waals surface area contributed by atoms with E-state index in [-0.39, 0.29) is 17.1 Å².